The van der Waals surface area contributed by atoms with E-state index in [-0.39, 0.29) is 18.2 Å². The van der Waals surface area contributed by atoms with E-state index in [1.54, 1.807) is 6.92 Å². The van der Waals surface area contributed by atoms with Gasteiger partial charge in [-0.2, -0.15) is 0 Å². The molecule has 8 heteroatoms. The number of carbonyl (C=O) groups excluding carboxylic acids is 1. The molecule has 1 heterocycles. The Bertz CT molecular complexity index is 401. The van der Waals surface area contributed by atoms with Gasteiger partial charge in [-0.15, -0.1) is 5.10 Å². The molecule has 0 aliphatic heterocycles. The number of nitrogens with one attached hydrogen (secondary N) is 1. The zero-order valence-electron chi connectivity index (χ0n) is 8.93. The van der Waals surface area contributed by atoms with Crippen LogP contribution in [0.4, 0.5) is 5.82 Å². The second kappa shape index (κ2) is 5.21. The van der Waals surface area contributed by atoms with E-state index in [1.807, 2.05) is 0 Å². The van der Waals surface area contributed by atoms with Crippen LogP contribution in [0, 0.1) is 0 Å². The van der Waals surface area contributed by atoms with Crippen LogP contribution in [0.3, 0.4) is 0 Å². The largest absolute Gasteiger partial charge is 0.476 e. The minimum atomic E-state index is -1.26. The Kier molecular flexibility index (Phi) is 3.95. The quantitative estimate of drug-likeness (QED) is 0.730. The van der Waals surface area contributed by atoms with Crippen molar-refractivity contribution in [1.82, 2.24) is 15.0 Å². The van der Waals surface area contributed by atoms with Crippen LogP contribution in [0.25, 0.3) is 0 Å². The fourth-order valence-electron chi connectivity index (χ4n) is 1.02. The van der Waals surface area contributed by atoms with Crippen LogP contribution in [-0.4, -0.2) is 38.6 Å². The van der Waals surface area contributed by atoms with E-state index in [1.165, 1.54) is 11.6 Å². The van der Waals surface area contributed by atoms with Crippen molar-refractivity contribution in [3.05, 3.63) is 5.69 Å². The Morgan fingerprint density at radius 1 is 1.56 bits per heavy atom. The lowest BCUT2D eigenvalue weighted by atomic mass is 10.4. The fraction of sp³-hybridized carbons (Fsp3) is 0.500. The fourth-order valence-corrected chi connectivity index (χ4v) is 1.02. The molecule has 0 atom stereocenters. The Morgan fingerprint density at radius 3 is 2.75 bits per heavy atom. The van der Waals surface area contributed by atoms with Gasteiger partial charge in [0.15, 0.2) is 5.82 Å². The van der Waals surface area contributed by atoms with Gasteiger partial charge in [0, 0.05) is 13.5 Å². The van der Waals surface area contributed by atoms with E-state index in [0.29, 0.717) is 6.61 Å². The first kappa shape index (κ1) is 12.1. The van der Waals surface area contributed by atoms with Gasteiger partial charge in [-0.25, -0.2) is 9.48 Å². The highest BCUT2D eigenvalue weighted by Crippen LogP contribution is 2.12. The number of hydrogen-bond acceptors (Lipinski definition) is 5. The molecule has 0 bridgehead atoms. The highest BCUT2D eigenvalue weighted by molar-refractivity contribution is 5.97. The van der Waals surface area contributed by atoms with Gasteiger partial charge in [-0.3, -0.25) is 4.79 Å². The van der Waals surface area contributed by atoms with Crippen LogP contribution in [0.2, 0.25) is 0 Å². The van der Waals surface area contributed by atoms with Crippen molar-refractivity contribution in [3.8, 4) is 0 Å². The van der Waals surface area contributed by atoms with E-state index in [0.717, 1.165) is 0 Å². The van der Waals surface area contributed by atoms with Crippen LogP contribution in [-0.2, 0) is 16.3 Å². The Morgan fingerprint density at radius 2 is 2.25 bits per heavy atom. The number of aromatic nitrogens is 3. The molecule has 0 saturated carbocycles. The number of carboxylic acid groups (broad SMARTS) is 1. The van der Waals surface area contributed by atoms with Crippen LogP contribution in [0.1, 0.15) is 24.3 Å². The molecule has 0 spiro atoms. The normalized spacial score (nSPS) is 10.1. The summed E-state index contributed by atoms with van der Waals surface area (Å²) in [5, 5.41) is 18.2. The molecule has 88 valence electrons. The maximum Gasteiger partial charge on any atom is 0.360 e. The molecule has 0 unspecified atom stereocenters. The van der Waals surface area contributed by atoms with Crippen LogP contribution >= 0.6 is 0 Å². The van der Waals surface area contributed by atoms with Gasteiger partial charge in [-0.05, 0) is 6.92 Å². The summed E-state index contributed by atoms with van der Waals surface area (Å²) in [5.74, 6) is -1.64. The molecule has 1 amide bonds. The number of carbonyl (C=O) groups is 2. The SMILES string of the molecule is CCOCn1nnc(C(=O)O)c1NC(C)=O. The molecule has 8 nitrogen and oxygen atoms in total. The maximum atomic E-state index is 10.9. The first-order valence-corrected chi connectivity index (χ1v) is 4.58. The van der Waals surface area contributed by atoms with Crippen molar-refractivity contribution < 1.29 is 19.4 Å². The standard InChI is InChI=1S/C8H12N4O4/c1-3-16-4-12-7(9-5(2)13)6(8(14)15)10-11-12/h3-4H2,1-2H3,(H,9,13)(H,14,15). The van der Waals surface area contributed by atoms with Crippen LogP contribution < -0.4 is 5.32 Å². The predicted octanol–water partition coefficient (Wildman–Crippen LogP) is -0.0713. The van der Waals surface area contributed by atoms with Crippen LogP contribution in [0.5, 0.6) is 0 Å². The number of anilines is 1. The molecule has 0 aromatic carbocycles. The molecule has 1 aromatic rings. The summed E-state index contributed by atoms with van der Waals surface area (Å²) in [4.78, 5) is 21.7. The van der Waals surface area contributed by atoms with Crippen molar-refractivity contribution in [1.29, 1.82) is 0 Å². The second-order valence-corrected chi connectivity index (χ2v) is 2.89. The third kappa shape index (κ3) is 2.76. The van der Waals surface area contributed by atoms with E-state index in [9.17, 15) is 9.59 Å². The third-order valence-electron chi connectivity index (χ3n) is 1.65. The molecule has 0 aliphatic rings. The smallest absolute Gasteiger partial charge is 0.360 e. The number of rotatable bonds is 5. The van der Waals surface area contributed by atoms with Crippen molar-refractivity contribution in [2.45, 2.75) is 20.6 Å². The lowest BCUT2D eigenvalue weighted by Crippen LogP contribution is -2.15. The monoisotopic (exact) mass is 228 g/mol. The molecule has 1 rings (SSSR count). The summed E-state index contributed by atoms with van der Waals surface area (Å²) in [7, 11) is 0. The van der Waals surface area contributed by atoms with Gasteiger partial charge in [0.25, 0.3) is 0 Å². The van der Waals surface area contributed by atoms with Crippen molar-refractivity contribution in [2.24, 2.45) is 0 Å². The van der Waals surface area contributed by atoms with Gasteiger partial charge in [0.1, 0.15) is 6.73 Å². The van der Waals surface area contributed by atoms with Gasteiger partial charge >= 0.3 is 5.97 Å². The molecule has 0 aliphatic carbocycles. The Balaban J connectivity index is 2.98. The van der Waals surface area contributed by atoms with E-state index < -0.39 is 11.9 Å². The van der Waals surface area contributed by atoms with Gasteiger partial charge < -0.3 is 15.2 Å². The number of hydrogen-bond donors (Lipinski definition) is 2. The molecule has 1 aromatic heterocycles. The molecular formula is C8H12N4O4. The molecule has 16 heavy (non-hydrogen) atoms. The summed E-state index contributed by atoms with van der Waals surface area (Å²) in [6, 6.07) is 0. The minimum absolute atomic E-state index is 0.0217. The van der Waals surface area contributed by atoms with Crippen molar-refractivity contribution in [3.63, 3.8) is 0 Å². The van der Waals surface area contributed by atoms with Crippen molar-refractivity contribution in [2.75, 3.05) is 11.9 Å². The highest BCUT2D eigenvalue weighted by atomic mass is 16.5. The molecule has 0 saturated heterocycles. The summed E-state index contributed by atoms with van der Waals surface area (Å²) in [6.45, 7) is 3.53. The van der Waals surface area contributed by atoms with Gasteiger partial charge in [0.2, 0.25) is 11.6 Å². The maximum absolute atomic E-state index is 10.9. The van der Waals surface area contributed by atoms with E-state index in [4.69, 9.17) is 9.84 Å². The zero-order chi connectivity index (χ0) is 12.1. The minimum Gasteiger partial charge on any atom is -0.476 e. The van der Waals surface area contributed by atoms with Crippen molar-refractivity contribution >= 4 is 17.7 Å². The Hall–Kier alpha value is -1.96. The topological polar surface area (TPSA) is 106 Å². The molecule has 0 fully saturated rings. The summed E-state index contributed by atoms with van der Waals surface area (Å²) in [6.07, 6.45) is 0. The summed E-state index contributed by atoms with van der Waals surface area (Å²) >= 11 is 0. The number of aromatic carboxylic acids is 1. The first-order chi connectivity index (χ1) is 7.56. The lowest BCUT2D eigenvalue weighted by Gasteiger charge is -2.06. The molecule has 2 N–H and O–H groups in total. The Labute approximate surface area is 91.2 Å². The first-order valence-electron chi connectivity index (χ1n) is 4.58. The second-order valence-electron chi connectivity index (χ2n) is 2.89. The molecular weight excluding hydrogens is 216 g/mol. The number of nitrogens with zero attached hydrogens (tertiary/aromatic N) is 3. The van der Waals surface area contributed by atoms with Gasteiger partial charge in [-0.1, -0.05) is 5.21 Å². The van der Waals surface area contributed by atoms with Crippen LogP contribution in [0.15, 0.2) is 0 Å². The summed E-state index contributed by atoms with van der Waals surface area (Å²) in [5.41, 5.74) is -0.310. The number of ether oxygens (including phenoxy) is 1. The number of carboxylic acids is 1. The van der Waals surface area contributed by atoms with E-state index in [2.05, 4.69) is 15.6 Å². The van der Waals surface area contributed by atoms with E-state index >= 15 is 0 Å². The highest BCUT2D eigenvalue weighted by Gasteiger charge is 2.19. The number of amides is 1. The van der Waals surface area contributed by atoms with Gasteiger partial charge in [0.05, 0.1) is 0 Å². The molecule has 0 radical (unpaired) electrons. The lowest BCUT2D eigenvalue weighted by molar-refractivity contribution is -0.114. The zero-order valence-corrected chi connectivity index (χ0v) is 8.93. The average Bonchev–Trinajstić information content (AvgIpc) is 2.57. The predicted molar refractivity (Wildman–Crippen MR) is 52.9 cm³/mol. The third-order valence-corrected chi connectivity index (χ3v) is 1.65. The average molecular weight is 228 g/mol. The summed E-state index contributed by atoms with van der Waals surface area (Å²) < 4.78 is 6.23.